The lowest BCUT2D eigenvalue weighted by Gasteiger charge is -2.41. The first-order valence-corrected chi connectivity index (χ1v) is 11.8. The first-order chi connectivity index (χ1) is 10.9. The molecule has 0 bridgehead atoms. The van der Waals surface area contributed by atoms with Gasteiger partial charge in [0.2, 0.25) is 0 Å². The van der Waals surface area contributed by atoms with Gasteiger partial charge in [-0.15, -0.1) is 0 Å². The number of hydrogen-bond donors (Lipinski definition) is 0. The maximum atomic E-state index is 8.46. The Hall–Kier alpha value is -1.33. The second kappa shape index (κ2) is 5.95. The smallest absolute Gasteiger partial charge is 0.185 e. The van der Waals surface area contributed by atoms with Crippen molar-refractivity contribution in [1.29, 1.82) is 0 Å². The van der Waals surface area contributed by atoms with Crippen LogP contribution in [0.3, 0.4) is 0 Å². The highest BCUT2D eigenvalue weighted by atomic mass is 28.4. The highest BCUT2D eigenvalue weighted by molar-refractivity contribution is 6.69. The number of nitrogens with zero attached hydrogens (tertiary/aromatic N) is 3. The van der Waals surface area contributed by atoms with Crippen LogP contribution >= 0.6 is 0 Å². The Kier molecular flexibility index (Phi) is 4.27. The number of aryl methyl sites for hydroxylation is 1. The zero-order chi connectivity index (χ0) is 16.6. The van der Waals surface area contributed by atoms with Crippen LogP contribution in [-0.4, -0.2) is 27.1 Å². The van der Waals surface area contributed by atoms with Crippen LogP contribution in [0.15, 0.2) is 29.4 Å². The molecule has 6 heteroatoms. The summed E-state index contributed by atoms with van der Waals surface area (Å²) in [6.07, 6.45) is 3.74. The number of rotatable bonds is 7. The minimum absolute atomic E-state index is 0.245. The monoisotopic (exact) mass is 331 g/mol. The van der Waals surface area contributed by atoms with Crippen molar-refractivity contribution >= 4 is 8.32 Å². The Bertz CT molecular complexity index is 633. The van der Waals surface area contributed by atoms with E-state index in [2.05, 4.69) is 53.9 Å². The average Bonchev–Trinajstić information content (AvgIpc) is 3.21. The summed E-state index contributed by atoms with van der Waals surface area (Å²) in [6.45, 7) is 7.98. The van der Waals surface area contributed by atoms with E-state index in [1.54, 1.807) is 0 Å². The molecule has 0 N–H and O–H groups in total. The molecule has 0 saturated carbocycles. The fourth-order valence-electron chi connectivity index (χ4n) is 3.92. The van der Waals surface area contributed by atoms with Crippen LogP contribution in [0.1, 0.15) is 30.4 Å². The molecule has 5 nitrogen and oxygen atoms in total. The van der Waals surface area contributed by atoms with E-state index in [4.69, 9.17) is 14.7 Å². The Labute approximate surface area is 138 Å². The van der Waals surface area contributed by atoms with Gasteiger partial charge in [0.05, 0.1) is 6.61 Å². The summed E-state index contributed by atoms with van der Waals surface area (Å²) in [7, 11) is -1.75. The Morgan fingerprint density at radius 3 is 2.74 bits per heavy atom. The summed E-state index contributed by atoms with van der Waals surface area (Å²) >= 11 is 0. The lowest BCUT2D eigenvalue weighted by molar-refractivity contribution is -0.0294. The summed E-state index contributed by atoms with van der Waals surface area (Å²) in [5.74, 6) is 0. The molecule has 0 spiro atoms. The summed E-state index contributed by atoms with van der Waals surface area (Å²) < 4.78 is 12.8. The van der Waals surface area contributed by atoms with E-state index in [1.807, 2.05) is 0 Å². The SMILES string of the molecule is C[Si](C)(C)OC1(C2(CCCN=[N+]=[N-])CO2)CCc2ccccc21. The maximum absolute atomic E-state index is 8.46. The molecule has 1 aliphatic heterocycles. The predicted octanol–water partition coefficient (Wildman–Crippen LogP) is 4.54. The number of hydrogen-bond acceptors (Lipinski definition) is 3. The van der Waals surface area contributed by atoms with Gasteiger partial charge >= 0.3 is 0 Å². The molecule has 3 rings (SSSR count). The van der Waals surface area contributed by atoms with Gasteiger partial charge in [-0.05, 0) is 62.0 Å². The van der Waals surface area contributed by atoms with Gasteiger partial charge in [-0.2, -0.15) is 0 Å². The van der Waals surface area contributed by atoms with Crippen LogP contribution in [0.25, 0.3) is 10.4 Å². The molecule has 124 valence electrons. The van der Waals surface area contributed by atoms with Crippen molar-refractivity contribution < 1.29 is 9.16 Å². The summed E-state index contributed by atoms with van der Waals surface area (Å²) in [4.78, 5) is 2.85. The summed E-state index contributed by atoms with van der Waals surface area (Å²) in [6, 6.07) is 8.62. The van der Waals surface area contributed by atoms with Crippen LogP contribution in [0.4, 0.5) is 0 Å². The predicted molar refractivity (Wildman–Crippen MR) is 92.8 cm³/mol. The van der Waals surface area contributed by atoms with Crippen molar-refractivity contribution in [1.82, 2.24) is 0 Å². The van der Waals surface area contributed by atoms with Gasteiger partial charge in [0.15, 0.2) is 8.32 Å². The molecular formula is C17H25N3O2Si. The second-order valence-corrected chi connectivity index (χ2v) is 12.0. The zero-order valence-corrected chi connectivity index (χ0v) is 15.2. The van der Waals surface area contributed by atoms with E-state index in [0.717, 1.165) is 32.3 Å². The largest absolute Gasteiger partial charge is 0.405 e. The van der Waals surface area contributed by atoms with E-state index in [9.17, 15) is 0 Å². The highest BCUT2D eigenvalue weighted by Gasteiger charge is 2.65. The van der Waals surface area contributed by atoms with Gasteiger partial charge in [0, 0.05) is 11.5 Å². The van der Waals surface area contributed by atoms with Crippen molar-refractivity contribution in [3.05, 3.63) is 45.8 Å². The second-order valence-electron chi connectivity index (χ2n) is 7.54. The molecule has 0 radical (unpaired) electrons. The van der Waals surface area contributed by atoms with Crippen molar-refractivity contribution in [2.75, 3.05) is 13.2 Å². The molecule has 2 atom stereocenters. The number of epoxide rings is 1. The van der Waals surface area contributed by atoms with Gasteiger partial charge in [0.25, 0.3) is 0 Å². The molecule has 23 heavy (non-hydrogen) atoms. The van der Waals surface area contributed by atoms with Crippen LogP contribution in [0.5, 0.6) is 0 Å². The van der Waals surface area contributed by atoms with Crippen molar-refractivity contribution in [3.8, 4) is 0 Å². The van der Waals surface area contributed by atoms with E-state index in [-0.39, 0.29) is 11.2 Å². The third-order valence-corrected chi connectivity index (χ3v) is 5.77. The van der Waals surface area contributed by atoms with E-state index in [1.165, 1.54) is 11.1 Å². The first kappa shape index (κ1) is 16.5. The van der Waals surface area contributed by atoms with Crippen LogP contribution in [0.2, 0.25) is 19.6 Å². The Balaban J connectivity index is 1.93. The lowest BCUT2D eigenvalue weighted by atomic mass is 9.80. The molecule has 0 aromatic heterocycles. The van der Waals surface area contributed by atoms with Gasteiger partial charge in [-0.25, -0.2) is 0 Å². The molecule has 1 saturated heterocycles. The molecule has 1 aliphatic carbocycles. The topological polar surface area (TPSA) is 70.5 Å². The molecule has 0 amide bonds. The fourth-order valence-corrected chi connectivity index (χ4v) is 5.36. The molecule has 1 fully saturated rings. The van der Waals surface area contributed by atoms with E-state index in [0.29, 0.717) is 6.54 Å². The van der Waals surface area contributed by atoms with Gasteiger partial charge in [-0.3, -0.25) is 0 Å². The fraction of sp³-hybridized carbons (Fsp3) is 0.647. The quantitative estimate of drug-likeness (QED) is 0.184. The number of fused-ring (bicyclic) bond motifs is 1. The molecule has 2 unspecified atom stereocenters. The Morgan fingerprint density at radius 1 is 1.35 bits per heavy atom. The molecule has 1 aromatic rings. The zero-order valence-electron chi connectivity index (χ0n) is 14.2. The highest BCUT2D eigenvalue weighted by Crippen LogP contribution is 2.57. The number of benzene rings is 1. The van der Waals surface area contributed by atoms with Gasteiger partial charge < -0.3 is 9.16 Å². The number of azide groups is 1. The minimum Gasteiger partial charge on any atom is -0.405 e. The first-order valence-electron chi connectivity index (χ1n) is 8.36. The molecule has 1 aromatic carbocycles. The van der Waals surface area contributed by atoms with Gasteiger partial charge in [-0.1, -0.05) is 29.4 Å². The van der Waals surface area contributed by atoms with Crippen LogP contribution < -0.4 is 0 Å². The normalized spacial score (nSPS) is 29.0. The summed E-state index contributed by atoms with van der Waals surface area (Å²) in [5, 5.41) is 3.66. The third-order valence-electron chi connectivity index (χ3n) is 4.81. The standard InChI is InChI=1S/C17H25N3O2Si/c1-23(2,3)22-17(11-9-14-7-4-5-8-15(14)17)16(13-21-16)10-6-12-19-20-18/h4-5,7-8H,6,9-13H2,1-3H3. The third kappa shape index (κ3) is 3.04. The minimum atomic E-state index is -1.75. The van der Waals surface area contributed by atoms with Gasteiger partial charge in [0.1, 0.15) is 11.2 Å². The lowest BCUT2D eigenvalue weighted by Crippen LogP contribution is -2.49. The number of ether oxygens (including phenoxy) is 1. The molecular weight excluding hydrogens is 306 g/mol. The van der Waals surface area contributed by atoms with Crippen molar-refractivity contribution in [3.63, 3.8) is 0 Å². The molecule has 2 aliphatic rings. The van der Waals surface area contributed by atoms with E-state index < -0.39 is 8.32 Å². The maximum Gasteiger partial charge on any atom is 0.185 e. The van der Waals surface area contributed by atoms with Crippen molar-refractivity contribution in [2.24, 2.45) is 5.11 Å². The van der Waals surface area contributed by atoms with Crippen LogP contribution in [0, 0.1) is 0 Å². The molecule has 1 heterocycles. The van der Waals surface area contributed by atoms with E-state index >= 15 is 0 Å². The summed E-state index contributed by atoms with van der Waals surface area (Å²) in [5.41, 5.74) is 10.6. The van der Waals surface area contributed by atoms with Crippen LogP contribution in [-0.2, 0) is 21.2 Å². The average molecular weight is 331 g/mol. The van der Waals surface area contributed by atoms with Crippen molar-refractivity contribution in [2.45, 2.75) is 56.5 Å². The Morgan fingerprint density at radius 2 is 2.09 bits per heavy atom.